The number of nitriles is 1. The van der Waals surface area contributed by atoms with Gasteiger partial charge in [-0.25, -0.2) is 0 Å². The number of hydrogen-bond acceptors (Lipinski definition) is 4. The van der Waals surface area contributed by atoms with Crippen molar-refractivity contribution in [3.8, 4) is 11.8 Å². The number of benzene rings is 1. The lowest BCUT2D eigenvalue weighted by Crippen LogP contribution is -2.10. The molecule has 0 fully saturated rings. The van der Waals surface area contributed by atoms with Gasteiger partial charge in [-0.15, -0.1) is 23.7 Å². The summed E-state index contributed by atoms with van der Waals surface area (Å²) in [6, 6.07) is 10.2. The highest BCUT2D eigenvalue weighted by Gasteiger charge is 2.14. The molecular formula is C12H11ClN2OS. The highest BCUT2D eigenvalue weighted by Crippen LogP contribution is 2.30. The number of hydrogen-bond donors (Lipinski definition) is 2. The van der Waals surface area contributed by atoms with Crippen LogP contribution in [-0.2, 0) is 0 Å². The Kier molecular flexibility index (Phi) is 4.53. The third-order valence-electron chi connectivity index (χ3n) is 2.34. The molecule has 0 saturated carbocycles. The normalized spacial score (nSPS) is 11.3. The van der Waals surface area contributed by atoms with E-state index in [1.165, 1.54) is 17.4 Å². The summed E-state index contributed by atoms with van der Waals surface area (Å²) in [6.45, 7) is 0. The fourth-order valence-electron chi connectivity index (χ4n) is 1.49. The van der Waals surface area contributed by atoms with Gasteiger partial charge in [0.2, 0.25) is 0 Å². The van der Waals surface area contributed by atoms with Gasteiger partial charge in [-0.3, -0.25) is 0 Å². The van der Waals surface area contributed by atoms with Gasteiger partial charge in [0.15, 0.2) is 0 Å². The maximum atomic E-state index is 9.71. The molecule has 0 bridgehead atoms. The molecule has 0 aliphatic carbocycles. The summed E-state index contributed by atoms with van der Waals surface area (Å²) in [5.74, 6) is 0.125. The van der Waals surface area contributed by atoms with Crippen LogP contribution in [0.15, 0.2) is 35.7 Å². The van der Waals surface area contributed by atoms with E-state index in [9.17, 15) is 5.11 Å². The van der Waals surface area contributed by atoms with Crippen LogP contribution < -0.4 is 5.73 Å². The Morgan fingerprint density at radius 3 is 2.71 bits per heavy atom. The number of rotatable bonds is 2. The van der Waals surface area contributed by atoms with Crippen LogP contribution in [0.4, 0.5) is 0 Å². The van der Waals surface area contributed by atoms with E-state index >= 15 is 0 Å². The number of nitrogens with two attached hydrogens (primary N) is 1. The predicted molar refractivity (Wildman–Crippen MR) is 70.4 cm³/mol. The average molecular weight is 267 g/mol. The summed E-state index contributed by atoms with van der Waals surface area (Å²) < 4.78 is 0. The van der Waals surface area contributed by atoms with E-state index in [4.69, 9.17) is 11.0 Å². The molecule has 0 radical (unpaired) electrons. The van der Waals surface area contributed by atoms with Gasteiger partial charge in [-0.2, -0.15) is 5.26 Å². The van der Waals surface area contributed by atoms with Crippen molar-refractivity contribution in [3.63, 3.8) is 0 Å². The summed E-state index contributed by atoms with van der Waals surface area (Å²) >= 11 is 1.53. The van der Waals surface area contributed by atoms with Crippen molar-refractivity contribution in [2.24, 2.45) is 5.73 Å². The number of aromatic hydroxyl groups is 1. The smallest absolute Gasteiger partial charge is 0.120 e. The molecule has 0 amide bonds. The molecule has 17 heavy (non-hydrogen) atoms. The van der Waals surface area contributed by atoms with Gasteiger partial charge in [0.25, 0.3) is 0 Å². The van der Waals surface area contributed by atoms with Crippen LogP contribution in [0.25, 0.3) is 0 Å². The molecule has 5 heteroatoms. The van der Waals surface area contributed by atoms with E-state index in [1.807, 2.05) is 23.6 Å². The molecule has 1 aromatic carbocycles. The topological polar surface area (TPSA) is 70.0 Å². The Morgan fingerprint density at radius 2 is 2.12 bits per heavy atom. The van der Waals surface area contributed by atoms with Crippen molar-refractivity contribution in [2.45, 2.75) is 6.04 Å². The second-order valence-corrected chi connectivity index (χ2v) is 4.36. The Balaban J connectivity index is 0.00000144. The van der Waals surface area contributed by atoms with Crippen molar-refractivity contribution in [1.82, 2.24) is 0 Å². The molecule has 1 aromatic heterocycles. The SMILES string of the molecule is Cl.N#Cc1ccc(O)c([C@H](N)c2cccs2)c1. The molecule has 0 unspecified atom stereocenters. The second kappa shape index (κ2) is 5.69. The minimum atomic E-state index is -0.381. The molecule has 0 aliphatic rings. The standard InChI is InChI=1S/C12H10N2OS.ClH/c13-7-8-3-4-10(15)9(6-8)12(14)11-2-1-5-16-11;/h1-6,12,15H,14H2;1H/t12-;/m0./s1. The first-order chi connectivity index (χ1) is 7.72. The van der Waals surface area contributed by atoms with Crippen molar-refractivity contribution < 1.29 is 5.11 Å². The maximum Gasteiger partial charge on any atom is 0.120 e. The minimum absolute atomic E-state index is 0. The average Bonchev–Trinajstić information content (AvgIpc) is 2.82. The lowest BCUT2D eigenvalue weighted by Gasteiger charge is -2.12. The quantitative estimate of drug-likeness (QED) is 0.878. The molecule has 3 N–H and O–H groups in total. The molecule has 3 nitrogen and oxygen atoms in total. The van der Waals surface area contributed by atoms with Gasteiger partial charge in [0.05, 0.1) is 17.7 Å². The van der Waals surface area contributed by atoms with Gasteiger partial charge in [0, 0.05) is 10.4 Å². The van der Waals surface area contributed by atoms with E-state index in [-0.39, 0.29) is 24.2 Å². The zero-order valence-corrected chi connectivity index (χ0v) is 10.5. The van der Waals surface area contributed by atoms with Gasteiger partial charge in [-0.1, -0.05) is 6.07 Å². The molecule has 0 saturated heterocycles. The minimum Gasteiger partial charge on any atom is -0.508 e. The number of phenols is 1. The van der Waals surface area contributed by atoms with Crippen LogP contribution in [0.3, 0.4) is 0 Å². The first-order valence-electron chi connectivity index (χ1n) is 4.74. The number of halogens is 1. The monoisotopic (exact) mass is 266 g/mol. The molecule has 1 atom stereocenters. The van der Waals surface area contributed by atoms with Crippen LogP contribution >= 0.6 is 23.7 Å². The summed E-state index contributed by atoms with van der Waals surface area (Å²) in [7, 11) is 0. The Labute approximate surface area is 110 Å². The highest BCUT2D eigenvalue weighted by molar-refractivity contribution is 7.10. The Hall–Kier alpha value is -1.54. The van der Waals surface area contributed by atoms with Crippen molar-refractivity contribution in [1.29, 1.82) is 5.26 Å². The Bertz CT molecular complexity index is 534. The van der Waals surface area contributed by atoms with E-state index in [0.717, 1.165) is 4.88 Å². The van der Waals surface area contributed by atoms with Crippen LogP contribution in [0.1, 0.15) is 22.0 Å². The van der Waals surface area contributed by atoms with Crippen LogP contribution in [0.2, 0.25) is 0 Å². The zero-order chi connectivity index (χ0) is 11.5. The van der Waals surface area contributed by atoms with Crippen LogP contribution in [0, 0.1) is 11.3 Å². The van der Waals surface area contributed by atoms with Gasteiger partial charge in [-0.05, 0) is 29.6 Å². The molecule has 1 heterocycles. The summed E-state index contributed by atoms with van der Waals surface area (Å²) in [5.41, 5.74) is 7.11. The first kappa shape index (κ1) is 13.5. The Morgan fingerprint density at radius 1 is 1.35 bits per heavy atom. The van der Waals surface area contributed by atoms with E-state index in [0.29, 0.717) is 11.1 Å². The fraction of sp³-hybridized carbons (Fsp3) is 0.0833. The number of nitrogens with zero attached hydrogens (tertiary/aromatic N) is 1. The van der Waals surface area contributed by atoms with Gasteiger partial charge in [0.1, 0.15) is 5.75 Å². The largest absolute Gasteiger partial charge is 0.508 e. The van der Waals surface area contributed by atoms with E-state index < -0.39 is 0 Å². The van der Waals surface area contributed by atoms with Crippen LogP contribution in [0.5, 0.6) is 5.75 Å². The molecule has 0 spiro atoms. The predicted octanol–water partition coefficient (Wildman–Crippen LogP) is 2.80. The van der Waals surface area contributed by atoms with Crippen LogP contribution in [-0.4, -0.2) is 5.11 Å². The zero-order valence-electron chi connectivity index (χ0n) is 8.83. The van der Waals surface area contributed by atoms with Gasteiger partial charge >= 0.3 is 0 Å². The summed E-state index contributed by atoms with van der Waals surface area (Å²) in [6.07, 6.45) is 0. The third-order valence-corrected chi connectivity index (χ3v) is 3.30. The van der Waals surface area contributed by atoms with Crippen molar-refractivity contribution in [3.05, 3.63) is 51.7 Å². The molecule has 2 rings (SSSR count). The first-order valence-corrected chi connectivity index (χ1v) is 5.62. The maximum absolute atomic E-state index is 9.71. The summed E-state index contributed by atoms with van der Waals surface area (Å²) in [4.78, 5) is 0.963. The number of thiophene rings is 1. The second-order valence-electron chi connectivity index (χ2n) is 3.38. The molecule has 2 aromatic rings. The van der Waals surface area contributed by atoms with Gasteiger partial charge < -0.3 is 10.8 Å². The fourth-order valence-corrected chi connectivity index (χ4v) is 2.24. The highest BCUT2D eigenvalue weighted by atomic mass is 35.5. The molecule has 88 valence electrons. The van der Waals surface area contributed by atoms with E-state index in [2.05, 4.69) is 0 Å². The lowest BCUT2D eigenvalue weighted by atomic mass is 10.0. The van der Waals surface area contributed by atoms with E-state index in [1.54, 1.807) is 12.1 Å². The van der Waals surface area contributed by atoms with Crippen molar-refractivity contribution >= 4 is 23.7 Å². The molecular weight excluding hydrogens is 256 g/mol. The number of phenolic OH excluding ortho intramolecular Hbond substituents is 1. The molecule has 0 aliphatic heterocycles. The summed E-state index contributed by atoms with van der Waals surface area (Å²) in [5, 5.41) is 20.4. The van der Waals surface area contributed by atoms with Crippen molar-refractivity contribution in [2.75, 3.05) is 0 Å². The lowest BCUT2D eigenvalue weighted by molar-refractivity contribution is 0.465. The third kappa shape index (κ3) is 2.77.